The molecule has 0 aromatic heterocycles. The maximum Gasteiger partial charge on any atom is 0.191 e. The maximum absolute atomic E-state index is 10.5. The van der Waals surface area contributed by atoms with E-state index >= 15 is 0 Å². The summed E-state index contributed by atoms with van der Waals surface area (Å²) in [7, 11) is 0. The van der Waals surface area contributed by atoms with Crippen molar-refractivity contribution in [1.29, 1.82) is 0 Å². The summed E-state index contributed by atoms with van der Waals surface area (Å²) in [6.45, 7) is 12.1. The number of ether oxygens (including phenoxy) is 1. The third kappa shape index (κ3) is 7.33. The Labute approximate surface area is 182 Å². The van der Waals surface area contributed by atoms with Gasteiger partial charge in [-0.05, 0) is 32.6 Å². The Balaban J connectivity index is 0.00000364. The first-order valence-electron chi connectivity index (χ1n) is 10.6. The van der Waals surface area contributed by atoms with Gasteiger partial charge in [0, 0.05) is 31.7 Å². The zero-order valence-electron chi connectivity index (χ0n) is 17.6. The van der Waals surface area contributed by atoms with E-state index in [-0.39, 0.29) is 29.5 Å². The van der Waals surface area contributed by atoms with Crippen molar-refractivity contribution in [2.45, 2.75) is 76.9 Å². The second kappa shape index (κ2) is 12.4. The normalized spacial score (nSPS) is 21.4. The molecule has 1 aliphatic carbocycles. The standard InChI is InChI=1S/C20H40N4O2.HI/c1-4-20(25,5-2)17-23-18(21-6-3)22-16-19(10-8-7-9-11-19)24-12-14-26-15-13-24;/h25H,4-17H2,1-3H3,(H2,21,22,23);1H. The van der Waals surface area contributed by atoms with Crippen LogP contribution in [0.5, 0.6) is 0 Å². The summed E-state index contributed by atoms with van der Waals surface area (Å²) in [5, 5.41) is 17.5. The quantitative estimate of drug-likeness (QED) is 0.274. The van der Waals surface area contributed by atoms with Crippen molar-refractivity contribution < 1.29 is 9.84 Å². The highest BCUT2D eigenvalue weighted by Gasteiger charge is 2.38. The summed E-state index contributed by atoms with van der Waals surface area (Å²) in [6, 6.07) is 0. The minimum Gasteiger partial charge on any atom is -0.388 e. The lowest BCUT2D eigenvalue weighted by atomic mass is 9.80. The molecule has 160 valence electrons. The predicted octanol–water partition coefficient (Wildman–Crippen LogP) is 2.75. The molecule has 6 nitrogen and oxygen atoms in total. The van der Waals surface area contributed by atoms with E-state index in [0.717, 1.165) is 58.2 Å². The highest BCUT2D eigenvalue weighted by atomic mass is 127. The first-order valence-corrected chi connectivity index (χ1v) is 10.6. The van der Waals surface area contributed by atoms with Crippen LogP contribution in [-0.4, -0.2) is 73.0 Å². The molecule has 0 unspecified atom stereocenters. The molecule has 1 aliphatic heterocycles. The fourth-order valence-electron chi connectivity index (χ4n) is 4.14. The maximum atomic E-state index is 10.5. The van der Waals surface area contributed by atoms with Crippen molar-refractivity contribution in [2.24, 2.45) is 4.99 Å². The summed E-state index contributed by atoms with van der Waals surface area (Å²) < 4.78 is 5.57. The smallest absolute Gasteiger partial charge is 0.191 e. The van der Waals surface area contributed by atoms with Gasteiger partial charge in [0.2, 0.25) is 0 Å². The molecule has 3 N–H and O–H groups in total. The van der Waals surface area contributed by atoms with Gasteiger partial charge in [0.1, 0.15) is 0 Å². The van der Waals surface area contributed by atoms with Gasteiger partial charge in [0.15, 0.2) is 5.96 Å². The van der Waals surface area contributed by atoms with E-state index in [9.17, 15) is 5.11 Å². The van der Waals surface area contributed by atoms with Crippen LogP contribution in [0.1, 0.15) is 65.7 Å². The van der Waals surface area contributed by atoms with Gasteiger partial charge >= 0.3 is 0 Å². The number of nitrogens with zero attached hydrogens (tertiary/aromatic N) is 2. The van der Waals surface area contributed by atoms with Crippen LogP contribution in [-0.2, 0) is 4.74 Å². The number of rotatable bonds is 8. The van der Waals surface area contributed by atoms with Gasteiger partial charge in [-0.3, -0.25) is 9.89 Å². The number of aliphatic hydroxyl groups is 1. The van der Waals surface area contributed by atoms with Crippen molar-refractivity contribution in [1.82, 2.24) is 15.5 Å². The van der Waals surface area contributed by atoms with Crippen LogP contribution in [0.15, 0.2) is 4.99 Å². The number of aliphatic imine (C=N–C) groups is 1. The van der Waals surface area contributed by atoms with E-state index in [4.69, 9.17) is 4.74 Å². The second-order valence-electron chi connectivity index (χ2n) is 7.86. The van der Waals surface area contributed by atoms with E-state index < -0.39 is 5.60 Å². The Hall–Kier alpha value is -0.120. The Morgan fingerprint density at radius 1 is 1.07 bits per heavy atom. The van der Waals surface area contributed by atoms with Crippen LogP contribution in [0, 0.1) is 0 Å². The van der Waals surface area contributed by atoms with Gasteiger partial charge in [-0.2, -0.15) is 0 Å². The number of nitrogens with one attached hydrogen (secondary N) is 2. The monoisotopic (exact) mass is 496 g/mol. The van der Waals surface area contributed by atoms with Crippen molar-refractivity contribution >= 4 is 29.9 Å². The number of morpholine rings is 1. The molecule has 0 radical (unpaired) electrons. The number of hydrogen-bond acceptors (Lipinski definition) is 4. The lowest BCUT2D eigenvalue weighted by Crippen LogP contribution is -2.60. The SMILES string of the molecule is CCNC(=NCC(O)(CC)CC)NCC1(N2CCOCC2)CCCCC1.I. The minimum absolute atomic E-state index is 0. The van der Waals surface area contributed by atoms with Crippen molar-refractivity contribution in [3.8, 4) is 0 Å². The molecule has 7 heteroatoms. The molecule has 1 heterocycles. The third-order valence-electron chi connectivity index (χ3n) is 6.24. The lowest BCUT2D eigenvalue weighted by Gasteiger charge is -2.48. The van der Waals surface area contributed by atoms with Crippen LogP contribution < -0.4 is 10.6 Å². The van der Waals surface area contributed by atoms with Crippen LogP contribution in [0.3, 0.4) is 0 Å². The molecular weight excluding hydrogens is 455 g/mol. The van der Waals surface area contributed by atoms with Crippen molar-refractivity contribution in [3.63, 3.8) is 0 Å². The van der Waals surface area contributed by atoms with Crippen LogP contribution in [0.4, 0.5) is 0 Å². The fourth-order valence-corrected chi connectivity index (χ4v) is 4.14. The average molecular weight is 496 g/mol. The van der Waals surface area contributed by atoms with Gasteiger partial charge in [0.05, 0.1) is 25.4 Å². The predicted molar refractivity (Wildman–Crippen MR) is 123 cm³/mol. The average Bonchev–Trinajstić information content (AvgIpc) is 2.71. The summed E-state index contributed by atoms with van der Waals surface area (Å²) in [6.07, 6.45) is 7.89. The Bertz CT molecular complexity index is 432. The molecule has 2 aliphatic rings. The Kier molecular flexibility index (Phi) is 11.5. The molecule has 0 aromatic carbocycles. The topological polar surface area (TPSA) is 69.1 Å². The van der Waals surface area contributed by atoms with E-state index in [0.29, 0.717) is 6.54 Å². The van der Waals surface area contributed by atoms with Crippen molar-refractivity contribution in [3.05, 3.63) is 0 Å². The van der Waals surface area contributed by atoms with Crippen LogP contribution in [0.25, 0.3) is 0 Å². The molecule has 2 fully saturated rings. The van der Waals surface area contributed by atoms with Crippen LogP contribution in [0.2, 0.25) is 0 Å². The molecule has 0 atom stereocenters. The minimum atomic E-state index is -0.699. The van der Waals surface area contributed by atoms with Gasteiger partial charge in [-0.1, -0.05) is 33.1 Å². The van der Waals surface area contributed by atoms with Gasteiger partial charge < -0.3 is 20.5 Å². The van der Waals surface area contributed by atoms with Gasteiger partial charge in [0.25, 0.3) is 0 Å². The molecule has 27 heavy (non-hydrogen) atoms. The number of hydrogen-bond donors (Lipinski definition) is 3. The molecule has 0 spiro atoms. The first-order chi connectivity index (χ1) is 12.6. The third-order valence-corrected chi connectivity index (χ3v) is 6.24. The molecule has 0 amide bonds. The molecule has 0 bridgehead atoms. The highest BCUT2D eigenvalue weighted by Crippen LogP contribution is 2.33. The lowest BCUT2D eigenvalue weighted by molar-refractivity contribution is -0.0353. The van der Waals surface area contributed by atoms with E-state index in [2.05, 4.69) is 27.4 Å². The van der Waals surface area contributed by atoms with Gasteiger partial charge in [-0.25, -0.2) is 0 Å². The zero-order chi connectivity index (χ0) is 18.9. The molecular formula is C20H41IN4O2. The van der Waals surface area contributed by atoms with Gasteiger partial charge in [-0.15, -0.1) is 24.0 Å². The first kappa shape index (κ1) is 24.9. The van der Waals surface area contributed by atoms with Crippen molar-refractivity contribution in [2.75, 3.05) is 45.9 Å². The summed E-state index contributed by atoms with van der Waals surface area (Å²) >= 11 is 0. The largest absolute Gasteiger partial charge is 0.388 e. The van der Waals surface area contributed by atoms with Crippen LogP contribution >= 0.6 is 24.0 Å². The van der Waals surface area contributed by atoms with E-state index in [1.165, 1.54) is 32.1 Å². The molecule has 1 saturated carbocycles. The second-order valence-corrected chi connectivity index (χ2v) is 7.86. The molecule has 2 rings (SSSR count). The summed E-state index contributed by atoms with van der Waals surface area (Å²) in [4.78, 5) is 7.33. The Morgan fingerprint density at radius 2 is 1.70 bits per heavy atom. The zero-order valence-corrected chi connectivity index (χ0v) is 19.9. The van der Waals surface area contributed by atoms with E-state index in [1.807, 2.05) is 13.8 Å². The highest BCUT2D eigenvalue weighted by molar-refractivity contribution is 14.0. The fraction of sp³-hybridized carbons (Fsp3) is 0.950. The summed E-state index contributed by atoms with van der Waals surface area (Å²) in [5.41, 5.74) is -0.487. The number of halogens is 1. The Morgan fingerprint density at radius 3 is 2.26 bits per heavy atom. The summed E-state index contributed by atoms with van der Waals surface area (Å²) in [5.74, 6) is 0.825. The molecule has 0 aromatic rings. The molecule has 1 saturated heterocycles. The van der Waals surface area contributed by atoms with E-state index in [1.54, 1.807) is 0 Å². The number of guanidine groups is 1.